The molecule has 31 heavy (non-hydrogen) atoms. The second-order valence-corrected chi connectivity index (χ2v) is 10.3. The Morgan fingerprint density at radius 2 is 1.97 bits per heavy atom. The van der Waals surface area contributed by atoms with Crippen LogP contribution in [0.2, 0.25) is 0 Å². The first-order valence-electron chi connectivity index (χ1n) is 10.3. The predicted octanol–water partition coefficient (Wildman–Crippen LogP) is 1.72. The van der Waals surface area contributed by atoms with Gasteiger partial charge in [0.15, 0.2) is 0 Å². The fourth-order valence-electron chi connectivity index (χ4n) is 4.63. The van der Waals surface area contributed by atoms with Gasteiger partial charge in [-0.3, -0.25) is 9.59 Å². The highest BCUT2D eigenvalue weighted by Gasteiger charge is 2.45. The predicted molar refractivity (Wildman–Crippen MR) is 116 cm³/mol. The summed E-state index contributed by atoms with van der Waals surface area (Å²) in [6.45, 7) is 1.22. The van der Waals surface area contributed by atoms with E-state index in [0.29, 0.717) is 25.9 Å². The third kappa shape index (κ3) is 4.81. The van der Waals surface area contributed by atoms with Crippen LogP contribution in [0.15, 0.2) is 29.6 Å². The molecule has 1 atom stereocenters. The molecule has 2 aromatic rings. The average molecular weight is 464 g/mol. The van der Waals surface area contributed by atoms with Crippen LogP contribution in [0, 0.1) is 5.41 Å². The number of thiazole rings is 1. The van der Waals surface area contributed by atoms with E-state index in [-0.39, 0.29) is 24.8 Å². The van der Waals surface area contributed by atoms with Gasteiger partial charge >= 0.3 is 5.97 Å². The number of piperidine rings is 1. The smallest absolute Gasteiger partial charge is 0.304 e. The first-order valence-corrected chi connectivity index (χ1v) is 12.3. The number of rotatable bonds is 7. The number of nitrogens with zero attached hydrogens (tertiary/aromatic N) is 2. The molecule has 4 rings (SSSR count). The number of benzene rings is 1. The van der Waals surface area contributed by atoms with Crippen LogP contribution in [0.3, 0.4) is 0 Å². The molecular formula is C21H25N3O5S2. The molecule has 2 heterocycles. The molecule has 1 aromatic heterocycles. The summed E-state index contributed by atoms with van der Waals surface area (Å²) < 4.78 is 24.0. The maximum absolute atomic E-state index is 13.1. The van der Waals surface area contributed by atoms with Gasteiger partial charge in [0.1, 0.15) is 5.01 Å². The molecule has 10 heteroatoms. The molecule has 166 valence electrons. The van der Waals surface area contributed by atoms with E-state index in [0.717, 1.165) is 34.7 Å². The van der Waals surface area contributed by atoms with Crippen LogP contribution in [-0.4, -0.2) is 47.8 Å². The number of thiol groups is 1. The Morgan fingerprint density at radius 1 is 1.26 bits per heavy atom. The largest absolute Gasteiger partial charge is 0.481 e. The second kappa shape index (κ2) is 9.05. The molecular weight excluding hydrogens is 438 g/mol. The number of fused-ring (bicyclic) bond motifs is 1. The standard InChI is InChI=1S/C21H25N3O5S2/c25-19(26)10-21(8-14-4-1-2-5-15(14)9-21)20(27)22-11-18-23-17(13-30-18)16-6-3-7-24(12-16)31(28)29/h1-2,4-5,13,16,31H,3,6-12H2,(H,22,27)(H,25,26). The number of carboxylic acids is 1. The average Bonchev–Trinajstić information content (AvgIpc) is 3.36. The minimum atomic E-state index is -2.58. The van der Waals surface area contributed by atoms with Gasteiger partial charge in [-0.2, -0.15) is 0 Å². The van der Waals surface area contributed by atoms with Crippen molar-refractivity contribution >= 4 is 34.1 Å². The molecule has 8 nitrogen and oxygen atoms in total. The van der Waals surface area contributed by atoms with Gasteiger partial charge in [0.2, 0.25) is 16.8 Å². The van der Waals surface area contributed by atoms with E-state index in [1.807, 2.05) is 29.6 Å². The third-order valence-corrected chi connectivity index (χ3v) is 7.86. The van der Waals surface area contributed by atoms with Crippen molar-refractivity contribution in [2.24, 2.45) is 5.41 Å². The quantitative estimate of drug-likeness (QED) is 0.539. The Kier molecular flexibility index (Phi) is 6.40. The number of aliphatic carboxylic acids is 1. The van der Waals surface area contributed by atoms with Crippen LogP contribution >= 0.6 is 11.3 Å². The first-order chi connectivity index (χ1) is 14.9. The zero-order chi connectivity index (χ0) is 22.0. The lowest BCUT2D eigenvalue weighted by atomic mass is 9.80. The van der Waals surface area contributed by atoms with Gasteiger partial charge in [-0.15, -0.1) is 11.3 Å². The fraction of sp³-hybridized carbons (Fsp3) is 0.476. The summed E-state index contributed by atoms with van der Waals surface area (Å²) in [5.74, 6) is -1.20. The van der Waals surface area contributed by atoms with E-state index in [1.54, 1.807) is 0 Å². The summed E-state index contributed by atoms with van der Waals surface area (Å²) in [4.78, 5) is 29.2. The molecule has 1 aliphatic carbocycles. The number of hydrogen-bond donors (Lipinski definition) is 3. The van der Waals surface area contributed by atoms with Crippen molar-refractivity contribution < 1.29 is 23.1 Å². The molecule has 1 aromatic carbocycles. The Morgan fingerprint density at radius 3 is 2.61 bits per heavy atom. The molecule has 2 N–H and O–H groups in total. The SMILES string of the molecule is O=C(O)CC1(C(=O)NCc2nc(C3CCCN([SH](=O)=O)C3)cs2)Cc2ccccc2C1. The number of nitrogens with one attached hydrogen (secondary N) is 1. The Balaban J connectivity index is 1.42. The van der Waals surface area contributed by atoms with Crippen LogP contribution in [0.25, 0.3) is 0 Å². The van der Waals surface area contributed by atoms with E-state index in [9.17, 15) is 23.1 Å². The molecule has 0 bridgehead atoms. The highest BCUT2D eigenvalue weighted by Crippen LogP contribution is 2.40. The monoisotopic (exact) mass is 463 g/mol. The van der Waals surface area contributed by atoms with Crippen molar-refractivity contribution in [2.75, 3.05) is 13.1 Å². The van der Waals surface area contributed by atoms with Gasteiger partial charge in [0, 0.05) is 24.4 Å². The molecule has 1 saturated heterocycles. The number of hydrogen-bond acceptors (Lipinski definition) is 6. The van der Waals surface area contributed by atoms with E-state index in [2.05, 4.69) is 10.3 Å². The summed E-state index contributed by atoms with van der Waals surface area (Å²) in [7, 11) is -2.58. The lowest BCUT2D eigenvalue weighted by Crippen LogP contribution is -2.43. The van der Waals surface area contributed by atoms with Crippen molar-refractivity contribution in [3.63, 3.8) is 0 Å². The van der Waals surface area contributed by atoms with Gasteiger partial charge < -0.3 is 10.4 Å². The maximum atomic E-state index is 13.1. The maximum Gasteiger partial charge on any atom is 0.304 e. The highest BCUT2D eigenvalue weighted by molar-refractivity contribution is 7.69. The molecule has 1 amide bonds. The summed E-state index contributed by atoms with van der Waals surface area (Å²) in [6.07, 6.45) is 2.29. The minimum absolute atomic E-state index is 0.0602. The Labute approximate surface area is 186 Å². The molecule has 1 fully saturated rings. The third-order valence-electron chi connectivity index (χ3n) is 6.17. The van der Waals surface area contributed by atoms with E-state index in [4.69, 9.17) is 0 Å². The van der Waals surface area contributed by atoms with Crippen molar-refractivity contribution in [1.29, 1.82) is 0 Å². The first kappa shape index (κ1) is 21.9. The lowest BCUT2D eigenvalue weighted by Gasteiger charge is -2.27. The zero-order valence-corrected chi connectivity index (χ0v) is 18.7. The van der Waals surface area contributed by atoms with Gasteiger partial charge in [-0.1, -0.05) is 24.3 Å². The molecule has 1 aliphatic heterocycles. The molecule has 1 unspecified atom stereocenters. The molecule has 2 aliphatic rings. The summed E-state index contributed by atoms with van der Waals surface area (Å²) in [5.41, 5.74) is 1.91. The lowest BCUT2D eigenvalue weighted by molar-refractivity contribution is -0.145. The van der Waals surface area contributed by atoms with Crippen molar-refractivity contribution in [3.8, 4) is 0 Å². The fourth-order valence-corrected chi connectivity index (χ4v) is 6.08. The van der Waals surface area contributed by atoms with E-state index >= 15 is 0 Å². The normalized spacial score (nSPS) is 20.5. The van der Waals surface area contributed by atoms with Crippen molar-refractivity contribution in [2.45, 2.75) is 44.6 Å². The number of amides is 1. The summed E-state index contributed by atoms with van der Waals surface area (Å²) in [6, 6.07) is 7.70. The van der Waals surface area contributed by atoms with Gasteiger partial charge in [0.25, 0.3) is 0 Å². The van der Waals surface area contributed by atoms with E-state index in [1.165, 1.54) is 15.6 Å². The summed E-state index contributed by atoms with van der Waals surface area (Å²) in [5, 5.41) is 15.0. The van der Waals surface area contributed by atoms with E-state index < -0.39 is 22.3 Å². The highest BCUT2D eigenvalue weighted by atomic mass is 32.2. The Hall–Kier alpha value is -2.30. The summed E-state index contributed by atoms with van der Waals surface area (Å²) >= 11 is 1.43. The van der Waals surface area contributed by atoms with Crippen LogP contribution < -0.4 is 5.32 Å². The number of carbonyl (C=O) groups is 2. The number of carbonyl (C=O) groups excluding carboxylic acids is 1. The topological polar surface area (TPSA) is 117 Å². The van der Waals surface area contributed by atoms with Crippen molar-refractivity contribution in [1.82, 2.24) is 14.6 Å². The van der Waals surface area contributed by atoms with Crippen LogP contribution in [0.4, 0.5) is 0 Å². The molecule has 0 saturated carbocycles. The minimum Gasteiger partial charge on any atom is -0.481 e. The molecule has 0 spiro atoms. The van der Waals surface area contributed by atoms with Crippen LogP contribution in [-0.2, 0) is 39.9 Å². The Bertz CT molecular complexity index is 1030. The van der Waals surface area contributed by atoms with Crippen LogP contribution in [0.1, 0.15) is 47.0 Å². The number of carboxylic acid groups (broad SMARTS) is 1. The zero-order valence-electron chi connectivity index (χ0n) is 17.0. The van der Waals surface area contributed by atoms with Crippen molar-refractivity contribution in [3.05, 3.63) is 51.5 Å². The molecule has 0 radical (unpaired) electrons. The second-order valence-electron chi connectivity index (χ2n) is 8.31. The van der Waals surface area contributed by atoms with Gasteiger partial charge in [-0.25, -0.2) is 17.7 Å². The van der Waals surface area contributed by atoms with Crippen LogP contribution in [0.5, 0.6) is 0 Å². The van der Waals surface area contributed by atoms with Gasteiger partial charge in [-0.05, 0) is 36.8 Å². The number of aromatic nitrogens is 1. The van der Waals surface area contributed by atoms with Gasteiger partial charge in [0.05, 0.1) is 24.1 Å².